The molecule has 0 aliphatic carbocycles. The van der Waals surface area contributed by atoms with Crippen molar-refractivity contribution in [2.75, 3.05) is 19.5 Å². The zero-order valence-electron chi connectivity index (χ0n) is 14.8. The van der Waals surface area contributed by atoms with E-state index in [1.54, 1.807) is 24.3 Å². The summed E-state index contributed by atoms with van der Waals surface area (Å²) in [5.74, 6) is -0.274. The molecule has 0 saturated carbocycles. The van der Waals surface area contributed by atoms with E-state index >= 15 is 0 Å². The van der Waals surface area contributed by atoms with Gasteiger partial charge in [0.15, 0.2) is 0 Å². The molecular formula is C21H19NO4. The standard InChI is InChI=1S/C21H19NO4/c1-13-8-9-16(21(24)26-3)11-18(13)22-20(23)17-10-14-6-4-5-7-15(14)12-19(17)25-2/h4-12H,1-3H3,(H,22,23). The van der Waals surface area contributed by atoms with Crippen LogP contribution in [0.5, 0.6) is 5.75 Å². The monoisotopic (exact) mass is 349 g/mol. The quantitative estimate of drug-likeness (QED) is 0.717. The normalized spacial score (nSPS) is 10.4. The maximum absolute atomic E-state index is 12.8. The van der Waals surface area contributed by atoms with Crippen LogP contribution >= 0.6 is 0 Å². The SMILES string of the molecule is COC(=O)c1ccc(C)c(NC(=O)c2cc3ccccc3cc2OC)c1. The number of anilines is 1. The lowest BCUT2D eigenvalue weighted by Crippen LogP contribution is -2.15. The second-order valence-electron chi connectivity index (χ2n) is 5.88. The highest BCUT2D eigenvalue weighted by atomic mass is 16.5. The number of hydrogen-bond donors (Lipinski definition) is 1. The third-order valence-corrected chi connectivity index (χ3v) is 4.22. The molecule has 0 bridgehead atoms. The van der Waals surface area contributed by atoms with Crippen LogP contribution in [0.2, 0.25) is 0 Å². The summed E-state index contributed by atoms with van der Waals surface area (Å²) >= 11 is 0. The fourth-order valence-corrected chi connectivity index (χ4v) is 2.76. The third-order valence-electron chi connectivity index (χ3n) is 4.22. The zero-order chi connectivity index (χ0) is 18.7. The van der Waals surface area contributed by atoms with Gasteiger partial charge >= 0.3 is 5.97 Å². The molecule has 26 heavy (non-hydrogen) atoms. The van der Waals surface area contributed by atoms with Crippen molar-refractivity contribution in [2.45, 2.75) is 6.92 Å². The lowest BCUT2D eigenvalue weighted by molar-refractivity contribution is 0.0600. The van der Waals surface area contributed by atoms with Gasteiger partial charge in [-0.15, -0.1) is 0 Å². The topological polar surface area (TPSA) is 64.6 Å². The minimum Gasteiger partial charge on any atom is -0.496 e. The van der Waals surface area contributed by atoms with Crippen molar-refractivity contribution in [3.8, 4) is 5.75 Å². The van der Waals surface area contributed by atoms with Crippen molar-refractivity contribution in [3.63, 3.8) is 0 Å². The molecule has 0 aromatic heterocycles. The average Bonchev–Trinajstić information content (AvgIpc) is 2.67. The molecular weight excluding hydrogens is 330 g/mol. The highest BCUT2D eigenvalue weighted by molar-refractivity contribution is 6.09. The van der Waals surface area contributed by atoms with Crippen molar-refractivity contribution in [1.82, 2.24) is 0 Å². The maximum Gasteiger partial charge on any atom is 0.337 e. The van der Waals surface area contributed by atoms with Gasteiger partial charge in [-0.1, -0.05) is 30.3 Å². The summed E-state index contributed by atoms with van der Waals surface area (Å²) in [6, 6.07) is 16.4. The molecule has 0 radical (unpaired) electrons. The number of methoxy groups -OCH3 is 2. The van der Waals surface area contributed by atoms with Gasteiger partial charge in [0.25, 0.3) is 5.91 Å². The summed E-state index contributed by atoms with van der Waals surface area (Å²) in [5.41, 5.74) is 2.19. The number of carbonyl (C=O) groups is 2. The highest BCUT2D eigenvalue weighted by Crippen LogP contribution is 2.27. The number of carbonyl (C=O) groups excluding carboxylic acids is 2. The Morgan fingerprint density at radius 2 is 1.62 bits per heavy atom. The number of nitrogens with one attached hydrogen (secondary N) is 1. The summed E-state index contributed by atoms with van der Waals surface area (Å²) in [4.78, 5) is 24.6. The molecule has 0 saturated heterocycles. The second-order valence-corrected chi connectivity index (χ2v) is 5.88. The first kappa shape index (κ1) is 17.5. The van der Waals surface area contributed by atoms with Crippen LogP contribution in [0.3, 0.4) is 0 Å². The van der Waals surface area contributed by atoms with Crippen molar-refractivity contribution in [2.24, 2.45) is 0 Å². The van der Waals surface area contributed by atoms with Gasteiger partial charge in [0.2, 0.25) is 0 Å². The maximum atomic E-state index is 12.8. The lowest BCUT2D eigenvalue weighted by atomic mass is 10.0. The van der Waals surface area contributed by atoms with Crippen LogP contribution in [0, 0.1) is 6.92 Å². The minimum absolute atomic E-state index is 0.308. The Bertz CT molecular complexity index is 994. The van der Waals surface area contributed by atoms with E-state index in [1.165, 1.54) is 14.2 Å². The van der Waals surface area contributed by atoms with Gasteiger partial charge in [-0.2, -0.15) is 0 Å². The van der Waals surface area contributed by atoms with E-state index in [2.05, 4.69) is 5.32 Å². The zero-order valence-corrected chi connectivity index (χ0v) is 14.8. The molecule has 0 heterocycles. The Labute approximate surface area is 151 Å². The van der Waals surface area contributed by atoms with Gasteiger partial charge in [-0.3, -0.25) is 4.79 Å². The van der Waals surface area contributed by atoms with Crippen LogP contribution < -0.4 is 10.1 Å². The molecule has 3 rings (SSSR count). The number of benzene rings is 3. The Morgan fingerprint density at radius 1 is 0.923 bits per heavy atom. The van der Waals surface area contributed by atoms with Crippen LogP contribution in [0.25, 0.3) is 10.8 Å². The van der Waals surface area contributed by atoms with Gasteiger partial charge in [0.05, 0.1) is 25.3 Å². The number of rotatable bonds is 4. The summed E-state index contributed by atoms with van der Waals surface area (Å²) < 4.78 is 10.1. The lowest BCUT2D eigenvalue weighted by Gasteiger charge is -2.13. The van der Waals surface area contributed by atoms with E-state index < -0.39 is 5.97 Å². The molecule has 5 heteroatoms. The van der Waals surface area contributed by atoms with Gasteiger partial charge in [0.1, 0.15) is 5.75 Å². The minimum atomic E-state index is -0.455. The molecule has 1 N–H and O–H groups in total. The van der Waals surface area contributed by atoms with Gasteiger partial charge in [-0.25, -0.2) is 4.79 Å². The molecule has 132 valence electrons. The number of aryl methyl sites for hydroxylation is 1. The van der Waals surface area contributed by atoms with Crippen molar-refractivity contribution >= 4 is 28.3 Å². The predicted molar refractivity (Wildman–Crippen MR) is 101 cm³/mol. The number of ether oxygens (including phenoxy) is 2. The third kappa shape index (κ3) is 3.37. The number of hydrogen-bond acceptors (Lipinski definition) is 4. The van der Waals surface area contributed by atoms with Crippen LogP contribution in [0.15, 0.2) is 54.6 Å². The predicted octanol–water partition coefficient (Wildman–Crippen LogP) is 4.20. The Morgan fingerprint density at radius 3 is 2.27 bits per heavy atom. The molecule has 0 fully saturated rings. The van der Waals surface area contributed by atoms with Crippen LogP contribution in [-0.2, 0) is 4.74 Å². The molecule has 0 aliphatic rings. The summed E-state index contributed by atoms with van der Waals surface area (Å²) in [6.45, 7) is 1.86. The Kier molecular flexibility index (Phi) is 4.89. The highest BCUT2D eigenvalue weighted by Gasteiger charge is 2.16. The Hall–Kier alpha value is -3.34. The van der Waals surface area contributed by atoms with E-state index in [4.69, 9.17) is 9.47 Å². The van der Waals surface area contributed by atoms with Crippen molar-refractivity contribution < 1.29 is 19.1 Å². The summed E-state index contributed by atoms with van der Waals surface area (Å²) in [7, 11) is 2.85. The van der Waals surface area contributed by atoms with Gasteiger partial charge in [0, 0.05) is 5.69 Å². The number of esters is 1. The van der Waals surface area contributed by atoms with Crippen molar-refractivity contribution in [1.29, 1.82) is 0 Å². The molecule has 5 nitrogen and oxygen atoms in total. The summed E-state index contributed by atoms with van der Waals surface area (Å²) in [5, 5.41) is 4.79. The largest absolute Gasteiger partial charge is 0.496 e. The number of amides is 1. The summed E-state index contributed by atoms with van der Waals surface area (Å²) in [6.07, 6.45) is 0. The van der Waals surface area contributed by atoms with E-state index in [-0.39, 0.29) is 5.91 Å². The second kappa shape index (κ2) is 7.27. The van der Waals surface area contributed by atoms with Crippen LogP contribution in [-0.4, -0.2) is 26.1 Å². The van der Waals surface area contributed by atoms with Crippen molar-refractivity contribution in [3.05, 3.63) is 71.3 Å². The molecule has 3 aromatic carbocycles. The first-order valence-corrected chi connectivity index (χ1v) is 8.10. The molecule has 0 atom stereocenters. The van der Waals surface area contributed by atoms with E-state index in [1.807, 2.05) is 37.3 Å². The fourth-order valence-electron chi connectivity index (χ4n) is 2.76. The first-order valence-electron chi connectivity index (χ1n) is 8.10. The Balaban J connectivity index is 1.98. The smallest absolute Gasteiger partial charge is 0.337 e. The fraction of sp³-hybridized carbons (Fsp3) is 0.143. The van der Waals surface area contributed by atoms with Crippen LogP contribution in [0.1, 0.15) is 26.3 Å². The molecule has 0 unspecified atom stereocenters. The first-order chi connectivity index (χ1) is 12.5. The molecule has 3 aromatic rings. The van der Waals surface area contributed by atoms with E-state index in [9.17, 15) is 9.59 Å². The molecule has 0 spiro atoms. The van der Waals surface area contributed by atoms with E-state index in [0.29, 0.717) is 22.6 Å². The number of fused-ring (bicyclic) bond motifs is 1. The van der Waals surface area contributed by atoms with Gasteiger partial charge in [-0.05, 0) is 47.5 Å². The van der Waals surface area contributed by atoms with E-state index in [0.717, 1.165) is 16.3 Å². The molecule has 0 aliphatic heterocycles. The van der Waals surface area contributed by atoms with Crippen LogP contribution in [0.4, 0.5) is 5.69 Å². The average molecular weight is 349 g/mol. The molecule has 1 amide bonds. The van der Waals surface area contributed by atoms with Gasteiger partial charge < -0.3 is 14.8 Å².